The average molecular weight is 533 g/mol. The summed E-state index contributed by atoms with van der Waals surface area (Å²) >= 11 is 24.8. The van der Waals surface area contributed by atoms with E-state index in [9.17, 15) is 9.59 Å². The van der Waals surface area contributed by atoms with Crippen molar-refractivity contribution in [3.63, 3.8) is 0 Å². The number of carbonyl (C=O) groups is 2. The molecule has 1 aliphatic heterocycles. The number of halogens is 4. The van der Waals surface area contributed by atoms with E-state index in [1.807, 2.05) is 16.7 Å². The molecule has 0 aliphatic carbocycles. The van der Waals surface area contributed by atoms with Crippen LogP contribution in [0.5, 0.6) is 0 Å². The molecule has 5 rings (SSSR count). The van der Waals surface area contributed by atoms with Gasteiger partial charge in [0.2, 0.25) is 0 Å². The molecule has 0 saturated carbocycles. The summed E-state index contributed by atoms with van der Waals surface area (Å²) in [5.41, 5.74) is 3.38. The lowest BCUT2D eigenvalue weighted by atomic mass is 10.1. The van der Waals surface area contributed by atoms with Crippen molar-refractivity contribution in [2.45, 2.75) is 19.4 Å². The zero-order chi connectivity index (χ0) is 24.0. The van der Waals surface area contributed by atoms with Crippen LogP contribution in [0.1, 0.15) is 38.5 Å². The molecule has 0 unspecified atom stereocenters. The molecule has 0 radical (unpaired) electrons. The first-order valence-electron chi connectivity index (χ1n) is 10.6. The van der Waals surface area contributed by atoms with E-state index < -0.39 is 0 Å². The van der Waals surface area contributed by atoms with Crippen LogP contribution in [0.3, 0.4) is 0 Å². The van der Waals surface area contributed by atoms with Gasteiger partial charge in [-0.2, -0.15) is 0 Å². The Kier molecular flexibility index (Phi) is 6.30. The van der Waals surface area contributed by atoms with Crippen LogP contribution in [0.2, 0.25) is 20.1 Å². The van der Waals surface area contributed by atoms with Crippen LogP contribution < -0.4 is 0 Å². The van der Waals surface area contributed by atoms with Crippen molar-refractivity contribution >= 4 is 69.3 Å². The van der Waals surface area contributed by atoms with Crippen molar-refractivity contribution in [2.75, 3.05) is 6.54 Å². The van der Waals surface area contributed by atoms with Crippen molar-refractivity contribution in [1.82, 2.24) is 14.5 Å². The zero-order valence-corrected chi connectivity index (χ0v) is 20.7. The fourth-order valence-corrected chi connectivity index (χ4v) is 4.83. The quantitative estimate of drug-likeness (QED) is 0.253. The molecule has 2 amide bonds. The Bertz CT molecular complexity index is 1430. The number of benzene rings is 3. The molecule has 1 aromatic heterocycles. The predicted octanol–water partition coefficient (Wildman–Crippen LogP) is 6.93. The van der Waals surface area contributed by atoms with Crippen LogP contribution in [0.25, 0.3) is 11.0 Å². The summed E-state index contributed by atoms with van der Waals surface area (Å²) in [5.74, 6) is 0.267. The first-order chi connectivity index (χ1) is 16.3. The number of hydrogen-bond donors (Lipinski definition) is 0. The highest BCUT2D eigenvalue weighted by Gasteiger charge is 2.34. The van der Waals surface area contributed by atoms with Crippen LogP contribution in [0.15, 0.2) is 54.6 Å². The highest BCUT2D eigenvalue weighted by Crippen LogP contribution is 2.30. The molecule has 0 atom stereocenters. The van der Waals surface area contributed by atoms with Gasteiger partial charge in [-0.3, -0.25) is 14.5 Å². The molecular weight excluding hydrogens is 516 g/mol. The first kappa shape index (κ1) is 23.2. The number of rotatable bonds is 6. The Labute approximate surface area is 215 Å². The van der Waals surface area contributed by atoms with E-state index in [2.05, 4.69) is 0 Å². The minimum Gasteiger partial charge on any atom is -0.323 e. The molecule has 9 heteroatoms. The fraction of sp³-hybridized carbons (Fsp3) is 0.160. The lowest BCUT2D eigenvalue weighted by Crippen LogP contribution is -2.31. The molecule has 172 valence electrons. The molecule has 0 N–H and O–H groups in total. The van der Waals surface area contributed by atoms with E-state index in [1.165, 1.54) is 4.90 Å². The highest BCUT2D eigenvalue weighted by molar-refractivity contribution is 6.43. The Balaban J connectivity index is 1.41. The summed E-state index contributed by atoms with van der Waals surface area (Å²) in [6, 6.07) is 15.9. The number of hydrogen-bond acceptors (Lipinski definition) is 3. The van der Waals surface area contributed by atoms with Gasteiger partial charge in [0.05, 0.1) is 42.3 Å². The van der Waals surface area contributed by atoms with Gasteiger partial charge in [-0.1, -0.05) is 64.6 Å². The normalized spacial score (nSPS) is 13.2. The molecule has 0 spiro atoms. The van der Waals surface area contributed by atoms with Gasteiger partial charge in [-0.15, -0.1) is 0 Å². The number of carbonyl (C=O) groups excluding carboxylic acids is 2. The summed E-state index contributed by atoms with van der Waals surface area (Å²) in [4.78, 5) is 31.4. The first-order valence-corrected chi connectivity index (χ1v) is 12.1. The lowest BCUT2D eigenvalue weighted by Gasteiger charge is -2.14. The number of amides is 2. The van der Waals surface area contributed by atoms with Gasteiger partial charge in [-0.05, 0) is 48.4 Å². The zero-order valence-electron chi connectivity index (χ0n) is 17.7. The maximum atomic E-state index is 12.7. The standard InChI is InChI=1S/C25H17Cl4N3O2/c26-17-8-7-14(10-18(17)27)13-32-22-12-20(29)19(28)11-21(22)30-23(32)6-3-9-31-24(33)15-4-1-2-5-16(15)25(31)34/h1-2,4-5,7-8,10-12H,3,6,9,13H2. The van der Waals surface area contributed by atoms with Crippen LogP contribution in [-0.2, 0) is 13.0 Å². The maximum Gasteiger partial charge on any atom is 0.261 e. The molecular formula is C25H17Cl4N3O2. The third-order valence-electron chi connectivity index (χ3n) is 5.85. The Morgan fingerprint density at radius 2 is 1.41 bits per heavy atom. The van der Waals surface area contributed by atoms with Gasteiger partial charge < -0.3 is 4.57 Å². The third kappa shape index (κ3) is 4.18. The van der Waals surface area contributed by atoms with Gasteiger partial charge in [0, 0.05) is 19.5 Å². The SMILES string of the molecule is O=C1c2ccccc2C(=O)N1CCCc1nc2cc(Cl)c(Cl)cc2n1Cc1ccc(Cl)c(Cl)c1. The number of imidazole rings is 1. The van der Waals surface area contributed by atoms with E-state index in [-0.39, 0.29) is 11.8 Å². The molecule has 0 fully saturated rings. The minimum atomic E-state index is -0.261. The monoisotopic (exact) mass is 531 g/mol. The summed E-state index contributed by atoms with van der Waals surface area (Å²) in [6.07, 6.45) is 1.09. The van der Waals surface area contributed by atoms with E-state index >= 15 is 0 Å². The summed E-state index contributed by atoms with van der Waals surface area (Å²) < 4.78 is 2.04. The molecule has 4 aromatic rings. The van der Waals surface area contributed by atoms with Crippen molar-refractivity contribution in [2.24, 2.45) is 0 Å². The van der Waals surface area contributed by atoms with Crippen molar-refractivity contribution in [1.29, 1.82) is 0 Å². The number of fused-ring (bicyclic) bond motifs is 2. The van der Waals surface area contributed by atoms with Crippen molar-refractivity contribution in [3.05, 3.63) is 97.2 Å². The highest BCUT2D eigenvalue weighted by atomic mass is 35.5. The molecule has 5 nitrogen and oxygen atoms in total. The van der Waals surface area contributed by atoms with Gasteiger partial charge in [0.15, 0.2) is 0 Å². The molecule has 2 heterocycles. The Hall–Kier alpha value is -2.57. The largest absolute Gasteiger partial charge is 0.323 e. The van der Waals surface area contributed by atoms with E-state index in [0.717, 1.165) is 16.9 Å². The third-order valence-corrected chi connectivity index (χ3v) is 7.32. The van der Waals surface area contributed by atoms with Crippen LogP contribution in [-0.4, -0.2) is 32.8 Å². The summed E-state index contributed by atoms with van der Waals surface area (Å²) in [6.45, 7) is 0.789. The summed E-state index contributed by atoms with van der Waals surface area (Å²) in [7, 11) is 0. The second-order valence-electron chi connectivity index (χ2n) is 8.03. The van der Waals surface area contributed by atoms with Crippen LogP contribution in [0, 0.1) is 0 Å². The average Bonchev–Trinajstić information content (AvgIpc) is 3.26. The topological polar surface area (TPSA) is 55.2 Å². The smallest absolute Gasteiger partial charge is 0.261 e. The summed E-state index contributed by atoms with van der Waals surface area (Å²) in [5, 5.41) is 1.81. The molecule has 34 heavy (non-hydrogen) atoms. The van der Waals surface area contributed by atoms with Crippen LogP contribution >= 0.6 is 46.4 Å². The molecule has 1 aliphatic rings. The van der Waals surface area contributed by atoms with E-state index in [4.69, 9.17) is 51.4 Å². The van der Waals surface area contributed by atoms with Crippen molar-refractivity contribution < 1.29 is 9.59 Å². The Morgan fingerprint density at radius 3 is 2.09 bits per heavy atom. The van der Waals surface area contributed by atoms with Crippen LogP contribution in [0.4, 0.5) is 0 Å². The van der Waals surface area contributed by atoms with E-state index in [1.54, 1.807) is 42.5 Å². The predicted molar refractivity (Wildman–Crippen MR) is 135 cm³/mol. The molecule has 0 saturated heterocycles. The van der Waals surface area contributed by atoms with Gasteiger partial charge in [0.25, 0.3) is 11.8 Å². The molecule has 0 bridgehead atoms. The number of nitrogens with zero attached hydrogens (tertiary/aromatic N) is 3. The number of aromatic nitrogens is 2. The minimum absolute atomic E-state index is 0.261. The van der Waals surface area contributed by atoms with Gasteiger partial charge >= 0.3 is 0 Å². The lowest BCUT2D eigenvalue weighted by molar-refractivity contribution is 0.0652. The van der Waals surface area contributed by atoms with Gasteiger partial charge in [-0.25, -0.2) is 4.98 Å². The Morgan fingerprint density at radius 1 is 0.765 bits per heavy atom. The van der Waals surface area contributed by atoms with Gasteiger partial charge in [0.1, 0.15) is 5.82 Å². The number of aryl methyl sites for hydroxylation is 1. The fourth-order valence-electron chi connectivity index (χ4n) is 4.20. The number of imide groups is 1. The van der Waals surface area contributed by atoms with Crippen molar-refractivity contribution in [3.8, 4) is 0 Å². The second-order valence-corrected chi connectivity index (χ2v) is 9.66. The van der Waals surface area contributed by atoms with E-state index in [0.29, 0.717) is 62.7 Å². The molecule has 3 aromatic carbocycles. The maximum absolute atomic E-state index is 12.7. The second kappa shape index (κ2) is 9.23.